The second kappa shape index (κ2) is 7.62. The molecule has 0 atom stereocenters. The minimum atomic E-state index is -3.60. The van der Waals surface area contributed by atoms with Gasteiger partial charge < -0.3 is 4.90 Å². The fourth-order valence-electron chi connectivity index (χ4n) is 2.72. The maximum absolute atomic E-state index is 12.6. The molecule has 2 rings (SSSR count). The zero-order valence-corrected chi connectivity index (χ0v) is 17.3. The standard InChI is InChI=1S/C16H21Cl2N3O4S/c1-5-6-20(26(4,24)25)13-8-14(12(18)7-11(13)17)21-15(22)9-19(10(2)3)16(21)23/h7-8,10H,5-6,9H2,1-4H3. The summed E-state index contributed by atoms with van der Waals surface area (Å²) in [7, 11) is -3.60. The number of sulfonamides is 1. The number of amides is 3. The van der Waals surface area contributed by atoms with Crippen molar-refractivity contribution in [2.75, 3.05) is 28.6 Å². The molecule has 1 aromatic carbocycles. The van der Waals surface area contributed by atoms with E-state index in [1.807, 2.05) is 6.92 Å². The predicted molar refractivity (Wildman–Crippen MR) is 104 cm³/mol. The first kappa shape index (κ1) is 20.8. The molecule has 1 aromatic rings. The van der Waals surface area contributed by atoms with Gasteiger partial charge in [-0.3, -0.25) is 9.10 Å². The van der Waals surface area contributed by atoms with Gasteiger partial charge >= 0.3 is 6.03 Å². The van der Waals surface area contributed by atoms with Crippen LogP contribution >= 0.6 is 23.2 Å². The van der Waals surface area contributed by atoms with Crippen LogP contribution in [-0.2, 0) is 14.8 Å². The number of carbonyl (C=O) groups excluding carboxylic acids is 2. The van der Waals surface area contributed by atoms with Gasteiger partial charge in [0.05, 0.1) is 27.7 Å². The lowest BCUT2D eigenvalue weighted by Gasteiger charge is -2.26. The highest BCUT2D eigenvalue weighted by Crippen LogP contribution is 2.39. The van der Waals surface area contributed by atoms with Gasteiger partial charge in [-0.05, 0) is 32.4 Å². The molecular formula is C16H21Cl2N3O4S. The van der Waals surface area contributed by atoms with Gasteiger partial charge in [0.25, 0.3) is 5.91 Å². The zero-order chi connectivity index (χ0) is 19.8. The molecule has 1 heterocycles. The van der Waals surface area contributed by atoms with Crippen LogP contribution in [0, 0.1) is 0 Å². The number of rotatable bonds is 6. The fourth-order valence-corrected chi connectivity index (χ4v) is 4.36. The summed E-state index contributed by atoms with van der Waals surface area (Å²) in [5, 5.41) is 0.216. The molecule has 144 valence electrons. The lowest BCUT2D eigenvalue weighted by molar-refractivity contribution is -0.116. The Hall–Kier alpha value is -1.51. The zero-order valence-electron chi connectivity index (χ0n) is 15.0. The summed E-state index contributed by atoms with van der Waals surface area (Å²) in [5.74, 6) is -0.430. The van der Waals surface area contributed by atoms with Crippen LogP contribution in [0.15, 0.2) is 12.1 Å². The van der Waals surface area contributed by atoms with Gasteiger partial charge in [-0.2, -0.15) is 0 Å². The van der Waals surface area contributed by atoms with Crippen molar-refractivity contribution >= 4 is 56.5 Å². The van der Waals surface area contributed by atoms with E-state index in [4.69, 9.17) is 23.2 Å². The van der Waals surface area contributed by atoms with E-state index in [0.29, 0.717) is 6.42 Å². The van der Waals surface area contributed by atoms with E-state index in [2.05, 4.69) is 0 Å². The van der Waals surface area contributed by atoms with Crippen molar-refractivity contribution in [1.82, 2.24) is 4.90 Å². The van der Waals surface area contributed by atoms with E-state index >= 15 is 0 Å². The van der Waals surface area contributed by atoms with Crippen molar-refractivity contribution in [2.24, 2.45) is 0 Å². The van der Waals surface area contributed by atoms with Crippen molar-refractivity contribution in [3.63, 3.8) is 0 Å². The van der Waals surface area contributed by atoms with Gasteiger partial charge in [0.15, 0.2) is 0 Å². The number of halogens is 2. The minimum absolute atomic E-state index is 0.0600. The summed E-state index contributed by atoms with van der Waals surface area (Å²) in [6.45, 7) is 5.58. The molecule has 1 aliphatic heterocycles. The molecule has 0 spiro atoms. The number of imide groups is 1. The molecule has 26 heavy (non-hydrogen) atoms. The topological polar surface area (TPSA) is 78.0 Å². The molecule has 0 aliphatic carbocycles. The molecule has 1 aliphatic rings. The van der Waals surface area contributed by atoms with Crippen molar-refractivity contribution in [3.05, 3.63) is 22.2 Å². The molecule has 0 bridgehead atoms. The van der Waals surface area contributed by atoms with E-state index in [1.165, 1.54) is 17.0 Å². The smallest absolute Gasteiger partial charge is 0.312 e. The monoisotopic (exact) mass is 421 g/mol. The lowest BCUT2D eigenvalue weighted by atomic mass is 10.2. The molecule has 0 aromatic heterocycles. The van der Waals surface area contributed by atoms with Gasteiger partial charge in [-0.1, -0.05) is 30.1 Å². The summed E-state index contributed by atoms with van der Waals surface area (Å²) in [4.78, 5) is 27.4. The third kappa shape index (κ3) is 3.92. The molecule has 7 nitrogen and oxygen atoms in total. The van der Waals surface area contributed by atoms with E-state index in [-0.39, 0.29) is 40.6 Å². The van der Waals surface area contributed by atoms with Crippen molar-refractivity contribution in [2.45, 2.75) is 33.2 Å². The van der Waals surface area contributed by atoms with Crippen molar-refractivity contribution in [1.29, 1.82) is 0 Å². The second-order valence-corrected chi connectivity index (χ2v) is 9.04. The van der Waals surface area contributed by atoms with Crippen molar-refractivity contribution < 1.29 is 18.0 Å². The average Bonchev–Trinajstić information content (AvgIpc) is 2.80. The molecule has 0 unspecified atom stereocenters. The third-order valence-electron chi connectivity index (χ3n) is 3.97. The molecule has 10 heteroatoms. The van der Waals surface area contributed by atoms with E-state index in [9.17, 15) is 18.0 Å². The number of benzene rings is 1. The molecular weight excluding hydrogens is 401 g/mol. The summed E-state index contributed by atoms with van der Waals surface area (Å²) in [6, 6.07) is 2.07. The van der Waals surface area contributed by atoms with E-state index < -0.39 is 22.0 Å². The predicted octanol–water partition coefficient (Wildman–Crippen LogP) is 3.35. The van der Waals surface area contributed by atoms with Crippen molar-refractivity contribution in [3.8, 4) is 0 Å². The van der Waals surface area contributed by atoms with Gasteiger partial charge in [0.1, 0.15) is 6.54 Å². The first-order valence-electron chi connectivity index (χ1n) is 8.09. The molecule has 3 amide bonds. The number of hydrogen-bond donors (Lipinski definition) is 0. The lowest BCUT2D eigenvalue weighted by Crippen LogP contribution is -2.37. The van der Waals surface area contributed by atoms with Crippen LogP contribution in [0.4, 0.5) is 16.2 Å². The Balaban J connectivity index is 2.58. The summed E-state index contributed by atoms with van der Waals surface area (Å²) >= 11 is 12.4. The maximum atomic E-state index is 12.6. The van der Waals surface area contributed by atoms with Crippen LogP contribution in [0.1, 0.15) is 27.2 Å². The fraction of sp³-hybridized carbons (Fsp3) is 0.500. The van der Waals surface area contributed by atoms with Gasteiger partial charge in [-0.15, -0.1) is 0 Å². The maximum Gasteiger partial charge on any atom is 0.332 e. The second-order valence-electron chi connectivity index (χ2n) is 6.32. The van der Waals surface area contributed by atoms with Gasteiger partial charge in [0.2, 0.25) is 10.0 Å². The first-order valence-corrected chi connectivity index (χ1v) is 10.7. The van der Waals surface area contributed by atoms with Crippen LogP contribution in [0.5, 0.6) is 0 Å². The Kier molecular flexibility index (Phi) is 6.09. The highest BCUT2D eigenvalue weighted by atomic mass is 35.5. The summed E-state index contributed by atoms with van der Waals surface area (Å²) < 4.78 is 25.4. The summed E-state index contributed by atoms with van der Waals surface area (Å²) in [6.07, 6.45) is 1.63. The Labute approximate surface area is 163 Å². The number of anilines is 2. The Morgan fingerprint density at radius 3 is 2.27 bits per heavy atom. The first-order chi connectivity index (χ1) is 12.0. The van der Waals surface area contributed by atoms with Crippen LogP contribution in [-0.4, -0.2) is 50.6 Å². The van der Waals surface area contributed by atoms with Gasteiger partial charge in [-0.25, -0.2) is 18.1 Å². The number of carbonyl (C=O) groups is 2. The Morgan fingerprint density at radius 1 is 1.19 bits per heavy atom. The quantitative estimate of drug-likeness (QED) is 0.659. The van der Waals surface area contributed by atoms with Crippen LogP contribution in [0.25, 0.3) is 0 Å². The molecule has 1 fully saturated rings. The van der Waals surface area contributed by atoms with E-state index in [0.717, 1.165) is 15.5 Å². The van der Waals surface area contributed by atoms with Crippen LogP contribution in [0.2, 0.25) is 10.0 Å². The third-order valence-corrected chi connectivity index (χ3v) is 5.75. The Morgan fingerprint density at radius 2 is 1.81 bits per heavy atom. The van der Waals surface area contributed by atoms with E-state index in [1.54, 1.807) is 13.8 Å². The minimum Gasteiger partial charge on any atom is -0.312 e. The summed E-state index contributed by atoms with van der Waals surface area (Å²) in [5.41, 5.74) is 0.299. The SMILES string of the molecule is CCCN(c1cc(N2C(=O)CN(C(C)C)C2=O)c(Cl)cc1Cl)S(C)(=O)=O. The molecule has 0 saturated carbocycles. The highest BCUT2D eigenvalue weighted by Gasteiger charge is 2.40. The van der Waals surface area contributed by atoms with Gasteiger partial charge in [0, 0.05) is 12.6 Å². The average molecular weight is 422 g/mol. The largest absolute Gasteiger partial charge is 0.332 e. The number of hydrogen-bond acceptors (Lipinski definition) is 4. The number of nitrogens with zero attached hydrogens (tertiary/aromatic N) is 3. The highest BCUT2D eigenvalue weighted by molar-refractivity contribution is 7.92. The Bertz CT molecular complexity index is 842. The molecule has 0 N–H and O–H groups in total. The number of urea groups is 1. The molecule has 1 saturated heterocycles. The normalized spacial score (nSPS) is 15.3. The van der Waals surface area contributed by atoms with Crippen LogP contribution in [0.3, 0.4) is 0 Å². The molecule has 0 radical (unpaired) electrons. The van der Waals surface area contributed by atoms with Crippen LogP contribution < -0.4 is 9.21 Å².